The molecular weight excluding hydrogens is 270 g/mol. The summed E-state index contributed by atoms with van der Waals surface area (Å²) in [5.41, 5.74) is 0.906. The zero-order valence-corrected chi connectivity index (χ0v) is 12.2. The Kier molecular flexibility index (Phi) is 3.79. The van der Waals surface area contributed by atoms with Crippen molar-refractivity contribution in [1.29, 1.82) is 0 Å². The number of ether oxygens (including phenoxy) is 2. The monoisotopic (exact) mass is 289 g/mol. The summed E-state index contributed by atoms with van der Waals surface area (Å²) >= 11 is 0. The van der Waals surface area contributed by atoms with Crippen molar-refractivity contribution >= 4 is 0 Å². The molecule has 6 heteroatoms. The minimum absolute atomic E-state index is 0.193. The van der Waals surface area contributed by atoms with Crippen LogP contribution in [-0.4, -0.2) is 40.7 Å². The van der Waals surface area contributed by atoms with Crippen LogP contribution in [0.15, 0.2) is 18.2 Å². The van der Waals surface area contributed by atoms with Crippen molar-refractivity contribution in [3.05, 3.63) is 24.0 Å². The van der Waals surface area contributed by atoms with Gasteiger partial charge in [-0.2, -0.15) is 0 Å². The highest BCUT2D eigenvalue weighted by Crippen LogP contribution is 2.31. The molecule has 1 N–H and O–H groups in total. The molecule has 6 nitrogen and oxygen atoms in total. The molecule has 0 spiro atoms. The van der Waals surface area contributed by atoms with E-state index in [0.29, 0.717) is 0 Å². The van der Waals surface area contributed by atoms with E-state index in [1.54, 1.807) is 14.2 Å². The highest BCUT2D eigenvalue weighted by Gasteiger charge is 2.23. The second-order valence-electron chi connectivity index (χ2n) is 5.24. The normalized spacial score (nSPS) is 17.4. The lowest BCUT2D eigenvalue weighted by atomic mass is 10.00. The molecule has 112 valence electrons. The number of aryl methyl sites for hydroxylation is 1. The molecule has 2 heterocycles. The van der Waals surface area contributed by atoms with Gasteiger partial charge < -0.3 is 19.1 Å². The van der Waals surface area contributed by atoms with E-state index in [-0.39, 0.29) is 12.5 Å². The maximum absolute atomic E-state index is 9.39. The number of aliphatic hydroxyl groups excluding tert-OH is 1. The van der Waals surface area contributed by atoms with Crippen LogP contribution in [0.5, 0.6) is 11.5 Å². The van der Waals surface area contributed by atoms with Crippen LogP contribution >= 0.6 is 0 Å². The second kappa shape index (κ2) is 5.73. The molecule has 21 heavy (non-hydrogen) atoms. The summed E-state index contributed by atoms with van der Waals surface area (Å²) in [7, 11) is 3.25. The fraction of sp³-hybridized carbons (Fsp3) is 0.467. The highest BCUT2D eigenvalue weighted by molar-refractivity contribution is 5.61. The average Bonchev–Trinajstić information content (AvgIpc) is 2.97. The smallest absolute Gasteiger partial charge is 0.164 e. The number of nitrogens with zero attached hydrogens (tertiary/aromatic N) is 3. The van der Waals surface area contributed by atoms with E-state index in [0.717, 1.165) is 48.1 Å². The first-order valence-corrected chi connectivity index (χ1v) is 7.01. The number of aliphatic hydroxyl groups is 1. The van der Waals surface area contributed by atoms with E-state index in [2.05, 4.69) is 14.8 Å². The van der Waals surface area contributed by atoms with Crippen molar-refractivity contribution in [2.75, 3.05) is 20.8 Å². The van der Waals surface area contributed by atoms with Crippen LogP contribution in [0, 0.1) is 5.92 Å². The van der Waals surface area contributed by atoms with Crippen LogP contribution in [0.1, 0.15) is 12.2 Å². The summed E-state index contributed by atoms with van der Waals surface area (Å²) in [6.45, 7) is 0.937. The van der Waals surface area contributed by atoms with Gasteiger partial charge in [0, 0.05) is 37.1 Å². The van der Waals surface area contributed by atoms with Crippen LogP contribution < -0.4 is 9.47 Å². The van der Waals surface area contributed by atoms with Crippen molar-refractivity contribution in [2.24, 2.45) is 5.92 Å². The van der Waals surface area contributed by atoms with E-state index in [9.17, 15) is 5.11 Å². The fourth-order valence-electron chi connectivity index (χ4n) is 2.69. The van der Waals surface area contributed by atoms with Crippen LogP contribution in [0.2, 0.25) is 0 Å². The van der Waals surface area contributed by atoms with Gasteiger partial charge in [-0.1, -0.05) is 0 Å². The van der Waals surface area contributed by atoms with E-state index < -0.39 is 0 Å². The molecule has 1 aromatic heterocycles. The van der Waals surface area contributed by atoms with Gasteiger partial charge in [-0.15, -0.1) is 10.2 Å². The maximum Gasteiger partial charge on any atom is 0.164 e. The van der Waals surface area contributed by atoms with Crippen molar-refractivity contribution in [2.45, 2.75) is 19.4 Å². The zero-order valence-electron chi connectivity index (χ0n) is 12.2. The largest absolute Gasteiger partial charge is 0.497 e. The molecule has 2 aromatic rings. The number of fused-ring (bicyclic) bond motifs is 1. The lowest BCUT2D eigenvalue weighted by Crippen LogP contribution is -2.23. The maximum atomic E-state index is 9.39. The third-order valence-corrected chi connectivity index (χ3v) is 3.91. The lowest BCUT2D eigenvalue weighted by molar-refractivity contribution is 0.191. The van der Waals surface area contributed by atoms with Crippen molar-refractivity contribution in [3.8, 4) is 22.9 Å². The molecule has 0 bridgehead atoms. The summed E-state index contributed by atoms with van der Waals surface area (Å²) < 4.78 is 12.7. The summed E-state index contributed by atoms with van der Waals surface area (Å²) in [6.07, 6.45) is 1.80. The van der Waals surface area contributed by atoms with Crippen LogP contribution in [0.25, 0.3) is 11.4 Å². The van der Waals surface area contributed by atoms with Gasteiger partial charge in [0.2, 0.25) is 0 Å². The molecule has 0 aliphatic carbocycles. The molecule has 0 saturated carbocycles. The topological polar surface area (TPSA) is 69.4 Å². The molecule has 0 saturated heterocycles. The van der Waals surface area contributed by atoms with Crippen LogP contribution in [-0.2, 0) is 13.0 Å². The Labute approximate surface area is 123 Å². The number of hydrogen-bond donors (Lipinski definition) is 1. The molecule has 1 aliphatic rings. The third kappa shape index (κ3) is 2.58. The Bertz CT molecular complexity index is 617. The summed E-state index contributed by atoms with van der Waals surface area (Å²) in [5.74, 6) is 3.46. The predicted molar refractivity (Wildman–Crippen MR) is 77.5 cm³/mol. The first kappa shape index (κ1) is 13.9. The highest BCUT2D eigenvalue weighted by atomic mass is 16.5. The lowest BCUT2D eigenvalue weighted by Gasteiger charge is -2.22. The number of hydrogen-bond acceptors (Lipinski definition) is 5. The molecular formula is C15H19N3O3. The number of methoxy groups -OCH3 is 2. The Morgan fingerprint density at radius 2 is 1.90 bits per heavy atom. The number of benzene rings is 1. The molecule has 0 radical (unpaired) electrons. The van der Waals surface area contributed by atoms with Gasteiger partial charge in [-0.05, 0) is 18.6 Å². The van der Waals surface area contributed by atoms with E-state index in [4.69, 9.17) is 9.47 Å². The number of aromatic nitrogens is 3. The molecule has 0 amide bonds. The van der Waals surface area contributed by atoms with E-state index in [1.165, 1.54) is 0 Å². The molecule has 0 fully saturated rings. The Morgan fingerprint density at radius 3 is 2.52 bits per heavy atom. The van der Waals surface area contributed by atoms with Crippen molar-refractivity contribution in [3.63, 3.8) is 0 Å². The average molecular weight is 289 g/mol. The van der Waals surface area contributed by atoms with Crippen LogP contribution in [0.3, 0.4) is 0 Å². The molecule has 1 unspecified atom stereocenters. The van der Waals surface area contributed by atoms with Gasteiger partial charge in [-0.3, -0.25) is 0 Å². The van der Waals surface area contributed by atoms with Gasteiger partial charge in [0.05, 0.1) is 14.2 Å². The van der Waals surface area contributed by atoms with E-state index >= 15 is 0 Å². The summed E-state index contributed by atoms with van der Waals surface area (Å²) in [6, 6.07) is 5.66. The minimum Gasteiger partial charge on any atom is -0.497 e. The Morgan fingerprint density at radius 1 is 1.19 bits per heavy atom. The first-order valence-electron chi connectivity index (χ1n) is 7.01. The van der Waals surface area contributed by atoms with Gasteiger partial charge in [0.25, 0.3) is 0 Å². The zero-order chi connectivity index (χ0) is 14.8. The Balaban J connectivity index is 2.03. The standard InChI is InChI=1S/C15H19N3O3/c1-20-12-5-11(6-13(7-12)21-2)15-17-16-14-4-3-10(9-19)8-18(14)15/h5-7,10,19H,3-4,8-9H2,1-2H3. The first-order chi connectivity index (χ1) is 10.2. The van der Waals surface area contributed by atoms with Gasteiger partial charge >= 0.3 is 0 Å². The van der Waals surface area contributed by atoms with Crippen LogP contribution in [0.4, 0.5) is 0 Å². The third-order valence-electron chi connectivity index (χ3n) is 3.91. The quantitative estimate of drug-likeness (QED) is 0.924. The predicted octanol–water partition coefficient (Wildman–Crippen LogP) is 1.52. The second-order valence-corrected chi connectivity index (χ2v) is 5.24. The fourth-order valence-corrected chi connectivity index (χ4v) is 2.69. The molecule has 1 aliphatic heterocycles. The van der Waals surface area contributed by atoms with Crippen molar-refractivity contribution < 1.29 is 14.6 Å². The van der Waals surface area contributed by atoms with Crippen molar-refractivity contribution in [1.82, 2.24) is 14.8 Å². The Hall–Kier alpha value is -2.08. The van der Waals surface area contributed by atoms with Gasteiger partial charge in [0.1, 0.15) is 17.3 Å². The van der Waals surface area contributed by atoms with Gasteiger partial charge in [-0.25, -0.2) is 0 Å². The summed E-state index contributed by atoms with van der Waals surface area (Å²) in [5, 5.41) is 18.0. The SMILES string of the molecule is COc1cc(OC)cc(-c2nnc3n2CC(CO)CC3)c1. The summed E-state index contributed by atoms with van der Waals surface area (Å²) in [4.78, 5) is 0. The minimum atomic E-state index is 0.193. The number of rotatable bonds is 4. The van der Waals surface area contributed by atoms with Gasteiger partial charge in [0.15, 0.2) is 5.82 Å². The van der Waals surface area contributed by atoms with E-state index in [1.807, 2.05) is 18.2 Å². The molecule has 1 aromatic carbocycles. The molecule has 3 rings (SSSR count). The molecule has 1 atom stereocenters.